The van der Waals surface area contributed by atoms with Crippen LogP contribution < -0.4 is 5.43 Å². The van der Waals surface area contributed by atoms with E-state index in [1.165, 1.54) is 0 Å². The minimum Gasteiger partial charge on any atom is -0.319 e. The van der Waals surface area contributed by atoms with E-state index in [2.05, 4.69) is 49.4 Å². The van der Waals surface area contributed by atoms with Gasteiger partial charge in [-0.3, -0.25) is 0 Å². The number of anilines is 1. The molecule has 0 bridgehead atoms. The molecule has 1 rings (SSSR count). The summed E-state index contributed by atoms with van der Waals surface area (Å²) < 4.78 is 0. The smallest absolute Gasteiger partial charge is 0.0490 e. The second-order valence-electron chi connectivity index (χ2n) is 4.45. The minimum atomic E-state index is 0.319. The Labute approximate surface area is 105 Å². The third-order valence-electron chi connectivity index (χ3n) is 3.01. The van der Waals surface area contributed by atoms with Gasteiger partial charge in [0.25, 0.3) is 0 Å². The van der Waals surface area contributed by atoms with Crippen LogP contribution in [0.3, 0.4) is 0 Å². The van der Waals surface area contributed by atoms with Crippen LogP contribution in [-0.4, -0.2) is 18.1 Å². The molecule has 92 valence electrons. The standard InChI is InChI=1S/C15H22N2/c1-5-13(3)12-15(6-2)17(4)16-14-10-8-7-9-11-14/h1,7-11,13,15-16H,6,12H2,2-4H3. The predicted octanol–water partition coefficient (Wildman–Crippen LogP) is 3.38. The van der Waals surface area contributed by atoms with Gasteiger partial charge in [0.05, 0.1) is 0 Å². The Morgan fingerprint density at radius 3 is 2.53 bits per heavy atom. The van der Waals surface area contributed by atoms with Crippen molar-refractivity contribution < 1.29 is 0 Å². The first-order valence-electron chi connectivity index (χ1n) is 6.18. The highest BCUT2D eigenvalue weighted by Crippen LogP contribution is 2.15. The number of para-hydroxylation sites is 1. The third-order valence-corrected chi connectivity index (χ3v) is 3.01. The molecule has 0 amide bonds. The molecule has 2 nitrogen and oxygen atoms in total. The van der Waals surface area contributed by atoms with E-state index in [0.29, 0.717) is 12.0 Å². The summed E-state index contributed by atoms with van der Waals surface area (Å²) in [6.07, 6.45) is 7.54. The van der Waals surface area contributed by atoms with Gasteiger partial charge in [-0.15, -0.1) is 12.3 Å². The summed E-state index contributed by atoms with van der Waals surface area (Å²) in [6, 6.07) is 10.7. The summed E-state index contributed by atoms with van der Waals surface area (Å²) in [4.78, 5) is 0. The van der Waals surface area contributed by atoms with Gasteiger partial charge in [0.1, 0.15) is 0 Å². The van der Waals surface area contributed by atoms with Crippen LogP contribution in [0, 0.1) is 18.3 Å². The van der Waals surface area contributed by atoms with Crippen molar-refractivity contribution in [1.29, 1.82) is 0 Å². The van der Waals surface area contributed by atoms with E-state index < -0.39 is 0 Å². The van der Waals surface area contributed by atoms with E-state index in [9.17, 15) is 0 Å². The Morgan fingerprint density at radius 2 is 2.00 bits per heavy atom. The second-order valence-corrected chi connectivity index (χ2v) is 4.45. The van der Waals surface area contributed by atoms with Crippen molar-refractivity contribution in [2.45, 2.75) is 32.7 Å². The normalized spacial score (nSPS) is 14.1. The van der Waals surface area contributed by atoms with Crippen LogP contribution in [0.4, 0.5) is 5.69 Å². The number of benzene rings is 1. The summed E-state index contributed by atoms with van der Waals surface area (Å²) >= 11 is 0. The summed E-state index contributed by atoms with van der Waals surface area (Å²) in [6.45, 7) is 4.29. The molecule has 0 aliphatic heterocycles. The van der Waals surface area contributed by atoms with Crippen molar-refractivity contribution in [3.05, 3.63) is 30.3 Å². The van der Waals surface area contributed by atoms with E-state index in [4.69, 9.17) is 6.42 Å². The lowest BCUT2D eigenvalue weighted by atomic mass is 10.0. The third kappa shape index (κ3) is 4.50. The molecule has 0 aliphatic rings. The molecule has 1 aromatic carbocycles. The molecule has 0 saturated heterocycles. The average Bonchev–Trinajstić information content (AvgIpc) is 2.36. The number of hydrogen-bond acceptors (Lipinski definition) is 2. The largest absolute Gasteiger partial charge is 0.319 e. The maximum Gasteiger partial charge on any atom is 0.0490 e. The fourth-order valence-electron chi connectivity index (χ4n) is 1.88. The van der Waals surface area contributed by atoms with E-state index in [1.807, 2.05) is 18.2 Å². The van der Waals surface area contributed by atoms with E-state index >= 15 is 0 Å². The number of nitrogens with one attached hydrogen (secondary N) is 1. The molecule has 2 atom stereocenters. The molecular weight excluding hydrogens is 208 g/mol. The first kappa shape index (κ1) is 13.6. The number of terminal acetylenes is 1. The molecule has 0 saturated carbocycles. The van der Waals surface area contributed by atoms with Gasteiger partial charge in [0.2, 0.25) is 0 Å². The van der Waals surface area contributed by atoms with E-state index in [1.54, 1.807) is 0 Å². The topological polar surface area (TPSA) is 15.3 Å². The summed E-state index contributed by atoms with van der Waals surface area (Å²) in [5, 5.41) is 2.16. The Kier molecular flexibility index (Phi) is 5.59. The molecular formula is C15H22N2. The summed E-state index contributed by atoms with van der Waals surface area (Å²) in [5.74, 6) is 3.11. The first-order chi connectivity index (χ1) is 8.17. The Hall–Kier alpha value is -1.46. The van der Waals surface area contributed by atoms with Crippen molar-refractivity contribution in [2.75, 3.05) is 12.5 Å². The molecule has 0 aromatic heterocycles. The van der Waals surface area contributed by atoms with Crippen LogP contribution in [-0.2, 0) is 0 Å². The van der Waals surface area contributed by atoms with Gasteiger partial charge < -0.3 is 5.43 Å². The SMILES string of the molecule is C#CC(C)CC(CC)N(C)Nc1ccccc1. The number of hydrogen-bond donors (Lipinski definition) is 1. The molecule has 0 heterocycles. The first-order valence-corrected chi connectivity index (χ1v) is 6.18. The van der Waals surface area contributed by atoms with Crippen molar-refractivity contribution >= 4 is 5.69 Å². The lowest BCUT2D eigenvalue weighted by Gasteiger charge is -2.29. The monoisotopic (exact) mass is 230 g/mol. The fourth-order valence-corrected chi connectivity index (χ4v) is 1.88. The van der Waals surface area contributed by atoms with E-state index in [0.717, 1.165) is 18.5 Å². The van der Waals surface area contributed by atoms with Crippen LogP contribution >= 0.6 is 0 Å². The summed E-state index contributed by atoms with van der Waals surface area (Å²) in [7, 11) is 2.07. The lowest BCUT2D eigenvalue weighted by Crippen LogP contribution is -2.37. The van der Waals surface area contributed by atoms with Gasteiger partial charge in [-0.05, 0) is 25.0 Å². The number of hydrazine groups is 1. The maximum absolute atomic E-state index is 5.44. The van der Waals surface area contributed by atoms with Gasteiger partial charge in [-0.2, -0.15) is 0 Å². The number of nitrogens with zero attached hydrogens (tertiary/aromatic N) is 1. The van der Waals surface area contributed by atoms with Crippen LogP contribution in [0.25, 0.3) is 0 Å². The van der Waals surface area contributed by atoms with Crippen molar-refractivity contribution in [3.8, 4) is 12.3 Å². The molecule has 1 aromatic rings. The van der Waals surface area contributed by atoms with Gasteiger partial charge in [-0.1, -0.05) is 32.0 Å². The molecule has 2 heteroatoms. The van der Waals surface area contributed by atoms with Gasteiger partial charge >= 0.3 is 0 Å². The fraction of sp³-hybridized carbons (Fsp3) is 0.467. The minimum absolute atomic E-state index is 0.319. The molecule has 17 heavy (non-hydrogen) atoms. The van der Waals surface area contributed by atoms with Crippen molar-refractivity contribution in [1.82, 2.24) is 5.01 Å². The zero-order chi connectivity index (χ0) is 12.7. The highest BCUT2D eigenvalue weighted by molar-refractivity contribution is 5.41. The van der Waals surface area contributed by atoms with Crippen LogP contribution in [0.2, 0.25) is 0 Å². The van der Waals surface area contributed by atoms with Crippen LogP contribution in [0.1, 0.15) is 26.7 Å². The van der Waals surface area contributed by atoms with Crippen LogP contribution in [0.15, 0.2) is 30.3 Å². The number of rotatable bonds is 6. The molecule has 0 fully saturated rings. The Morgan fingerprint density at radius 1 is 1.35 bits per heavy atom. The predicted molar refractivity (Wildman–Crippen MR) is 74.5 cm³/mol. The van der Waals surface area contributed by atoms with Crippen molar-refractivity contribution in [3.63, 3.8) is 0 Å². The summed E-state index contributed by atoms with van der Waals surface area (Å²) in [5.41, 5.74) is 4.50. The Bertz CT molecular complexity index is 353. The molecule has 0 spiro atoms. The highest BCUT2D eigenvalue weighted by Gasteiger charge is 2.15. The molecule has 2 unspecified atom stereocenters. The Balaban J connectivity index is 2.55. The average molecular weight is 230 g/mol. The van der Waals surface area contributed by atoms with Gasteiger partial charge in [0.15, 0.2) is 0 Å². The zero-order valence-corrected chi connectivity index (χ0v) is 11.0. The van der Waals surface area contributed by atoms with Gasteiger partial charge in [0, 0.05) is 24.7 Å². The quantitative estimate of drug-likeness (QED) is 0.595. The van der Waals surface area contributed by atoms with Gasteiger partial charge in [-0.25, -0.2) is 5.01 Å². The molecule has 1 N–H and O–H groups in total. The van der Waals surface area contributed by atoms with E-state index in [-0.39, 0.29) is 0 Å². The molecule has 0 aliphatic carbocycles. The van der Waals surface area contributed by atoms with Crippen molar-refractivity contribution in [2.24, 2.45) is 5.92 Å². The highest BCUT2D eigenvalue weighted by atomic mass is 15.5. The lowest BCUT2D eigenvalue weighted by molar-refractivity contribution is 0.254. The molecule has 0 radical (unpaired) electrons. The van der Waals surface area contributed by atoms with Crippen LogP contribution in [0.5, 0.6) is 0 Å². The second kappa shape index (κ2) is 6.98. The maximum atomic E-state index is 5.44. The zero-order valence-electron chi connectivity index (χ0n) is 11.0.